The Hall–Kier alpha value is -1.56. The van der Waals surface area contributed by atoms with E-state index in [1.54, 1.807) is 18.2 Å². The zero-order valence-electron chi connectivity index (χ0n) is 7.51. The molecule has 0 amide bonds. The molecule has 0 aliphatic heterocycles. The van der Waals surface area contributed by atoms with E-state index in [9.17, 15) is 8.42 Å². The van der Waals surface area contributed by atoms with E-state index < -0.39 is 10.0 Å². The average Bonchev–Trinajstić information content (AvgIpc) is 2.45. The molecule has 0 unspecified atom stereocenters. The molecule has 0 saturated heterocycles. The van der Waals surface area contributed by atoms with Crippen LogP contribution in [0.2, 0.25) is 0 Å². The maximum Gasteiger partial charge on any atom is 0.237 e. The smallest absolute Gasteiger partial charge is 0.237 e. The molecule has 2 rings (SSSR count). The number of rotatable bonds is 1. The third-order valence-electron chi connectivity index (χ3n) is 1.90. The second-order valence-electron chi connectivity index (χ2n) is 3.05. The van der Waals surface area contributed by atoms with Gasteiger partial charge in [-0.05, 0) is 18.2 Å². The molecule has 1 aromatic heterocycles. The molecule has 0 radical (unpaired) electrons. The summed E-state index contributed by atoms with van der Waals surface area (Å²) in [5, 5.41) is 0. The Morgan fingerprint density at radius 1 is 1.43 bits per heavy atom. The molecule has 1 aromatic carbocycles. The lowest BCUT2D eigenvalue weighted by atomic mass is 10.3. The molecule has 0 atom stereocenters. The normalized spacial score (nSPS) is 12.1. The molecule has 74 valence electrons. The highest BCUT2D eigenvalue weighted by Crippen LogP contribution is 2.16. The van der Waals surface area contributed by atoms with Crippen LogP contribution in [0.5, 0.6) is 0 Å². The lowest BCUT2D eigenvalue weighted by Gasteiger charge is -1.99. The van der Waals surface area contributed by atoms with Crippen LogP contribution in [0.25, 0.3) is 11.0 Å². The molecule has 0 fully saturated rings. The molecule has 14 heavy (non-hydrogen) atoms. The zero-order valence-corrected chi connectivity index (χ0v) is 8.32. The number of benzene rings is 1. The number of fused-ring (bicyclic) bond motifs is 1. The van der Waals surface area contributed by atoms with Gasteiger partial charge in [0.15, 0.2) is 0 Å². The van der Waals surface area contributed by atoms with Gasteiger partial charge in [0, 0.05) is 5.69 Å². The fourth-order valence-corrected chi connectivity index (χ4v) is 2.00. The van der Waals surface area contributed by atoms with E-state index >= 15 is 0 Å². The third-order valence-corrected chi connectivity index (χ3v) is 2.90. The Morgan fingerprint density at radius 2 is 2.14 bits per heavy atom. The molecule has 0 spiro atoms. The molecule has 0 saturated carbocycles. The number of nitrogen functional groups attached to an aromatic ring is 1. The topological polar surface area (TPSA) is 78.0 Å². The van der Waals surface area contributed by atoms with E-state index in [-0.39, 0.29) is 0 Å². The van der Waals surface area contributed by atoms with Gasteiger partial charge in [-0.25, -0.2) is 17.4 Å². The van der Waals surface area contributed by atoms with E-state index in [0.29, 0.717) is 16.7 Å². The molecule has 0 bridgehead atoms. The Labute approximate surface area is 81.2 Å². The first-order chi connectivity index (χ1) is 6.48. The van der Waals surface area contributed by atoms with Gasteiger partial charge in [-0.1, -0.05) is 0 Å². The quantitative estimate of drug-likeness (QED) is 0.694. The van der Waals surface area contributed by atoms with Crippen molar-refractivity contribution >= 4 is 26.7 Å². The summed E-state index contributed by atoms with van der Waals surface area (Å²) in [7, 11) is -3.29. The number of hydrogen-bond acceptors (Lipinski definition) is 4. The molecular formula is C8H9N3O2S. The van der Waals surface area contributed by atoms with Crippen molar-refractivity contribution in [1.29, 1.82) is 0 Å². The maximum absolute atomic E-state index is 11.3. The summed E-state index contributed by atoms with van der Waals surface area (Å²) >= 11 is 0. The van der Waals surface area contributed by atoms with Crippen LogP contribution < -0.4 is 5.73 Å². The molecular weight excluding hydrogens is 202 g/mol. The van der Waals surface area contributed by atoms with Gasteiger partial charge >= 0.3 is 0 Å². The van der Waals surface area contributed by atoms with E-state index in [0.717, 1.165) is 10.2 Å². The van der Waals surface area contributed by atoms with Crippen LogP contribution in [0.15, 0.2) is 24.5 Å². The predicted molar refractivity (Wildman–Crippen MR) is 54.4 cm³/mol. The summed E-state index contributed by atoms with van der Waals surface area (Å²) in [5.74, 6) is 0. The second-order valence-corrected chi connectivity index (χ2v) is 4.91. The van der Waals surface area contributed by atoms with Crippen molar-refractivity contribution in [1.82, 2.24) is 8.96 Å². The second kappa shape index (κ2) is 2.71. The summed E-state index contributed by atoms with van der Waals surface area (Å²) in [6.45, 7) is 0. The molecule has 6 heteroatoms. The van der Waals surface area contributed by atoms with Crippen LogP contribution in [-0.2, 0) is 10.0 Å². The summed E-state index contributed by atoms with van der Waals surface area (Å²) in [5.41, 5.74) is 7.23. The summed E-state index contributed by atoms with van der Waals surface area (Å²) < 4.78 is 23.7. The number of hydrogen-bond donors (Lipinski definition) is 1. The molecule has 0 aliphatic carbocycles. The van der Waals surface area contributed by atoms with Gasteiger partial charge in [0.1, 0.15) is 6.33 Å². The summed E-state index contributed by atoms with van der Waals surface area (Å²) in [4.78, 5) is 3.95. The van der Waals surface area contributed by atoms with Crippen molar-refractivity contribution < 1.29 is 8.42 Å². The van der Waals surface area contributed by atoms with Crippen molar-refractivity contribution in [2.24, 2.45) is 0 Å². The summed E-state index contributed by atoms with van der Waals surface area (Å²) in [6.07, 6.45) is 2.41. The van der Waals surface area contributed by atoms with E-state index in [2.05, 4.69) is 4.98 Å². The van der Waals surface area contributed by atoms with Crippen LogP contribution in [0.3, 0.4) is 0 Å². The van der Waals surface area contributed by atoms with Gasteiger partial charge in [-0.3, -0.25) is 0 Å². The van der Waals surface area contributed by atoms with Crippen molar-refractivity contribution in [2.75, 3.05) is 12.0 Å². The molecule has 2 N–H and O–H groups in total. The van der Waals surface area contributed by atoms with Crippen molar-refractivity contribution in [2.45, 2.75) is 0 Å². The van der Waals surface area contributed by atoms with Gasteiger partial charge in [-0.2, -0.15) is 0 Å². The number of nitrogens with zero attached hydrogens (tertiary/aromatic N) is 2. The maximum atomic E-state index is 11.3. The molecule has 1 heterocycles. The van der Waals surface area contributed by atoms with Crippen molar-refractivity contribution in [3.8, 4) is 0 Å². The monoisotopic (exact) mass is 211 g/mol. The van der Waals surface area contributed by atoms with Crippen LogP contribution in [0.1, 0.15) is 0 Å². The molecule has 5 nitrogen and oxygen atoms in total. The Bertz CT molecular complexity index is 586. The fourth-order valence-electron chi connectivity index (χ4n) is 1.27. The Morgan fingerprint density at radius 3 is 2.79 bits per heavy atom. The largest absolute Gasteiger partial charge is 0.399 e. The molecule has 0 aliphatic rings. The first kappa shape index (κ1) is 9.01. The minimum atomic E-state index is -3.29. The van der Waals surface area contributed by atoms with Crippen molar-refractivity contribution in [3.63, 3.8) is 0 Å². The van der Waals surface area contributed by atoms with Crippen LogP contribution in [-0.4, -0.2) is 23.6 Å². The fraction of sp³-hybridized carbons (Fsp3) is 0.125. The Balaban J connectivity index is 2.83. The number of aromatic nitrogens is 2. The van der Waals surface area contributed by atoms with Gasteiger partial charge in [-0.15, -0.1) is 0 Å². The third kappa shape index (κ3) is 1.33. The van der Waals surface area contributed by atoms with Gasteiger partial charge in [0.25, 0.3) is 0 Å². The molecule has 2 aromatic rings. The minimum absolute atomic E-state index is 0.543. The first-order valence-electron chi connectivity index (χ1n) is 3.91. The van der Waals surface area contributed by atoms with Crippen LogP contribution in [0, 0.1) is 0 Å². The van der Waals surface area contributed by atoms with E-state index in [1.807, 2.05) is 0 Å². The van der Waals surface area contributed by atoms with Crippen LogP contribution in [0.4, 0.5) is 5.69 Å². The standard InChI is InChI=1S/C8H9N3O2S/c1-14(12,13)11-5-10-7-4-6(9)2-3-8(7)11/h2-5H,9H2,1H3. The lowest BCUT2D eigenvalue weighted by molar-refractivity contribution is 0.595. The highest BCUT2D eigenvalue weighted by atomic mass is 32.2. The minimum Gasteiger partial charge on any atom is -0.399 e. The number of nitrogens with two attached hydrogens (primary N) is 1. The highest BCUT2D eigenvalue weighted by molar-refractivity contribution is 7.89. The highest BCUT2D eigenvalue weighted by Gasteiger charge is 2.10. The number of imidazole rings is 1. The van der Waals surface area contributed by atoms with Crippen LogP contribution >= 0.6 is 0 Å². The van der Waals surface area contributed by atoms with Gasteiger partial charge in [0.05, 0.1) is 17.3 Å². The Kier molecular flexibility index (Phi) is 1.75. The van der Waals surface area contributed by atoms with Crippen molar-refractivity contribution in [3.05, 3.63) is 24.5 Å². The van der Waals surface area contributed by atoms with E-state index in [1.165, 1.54) is 6.33 Å². The SMILES string of the molecule is CS(=O)(=O)n1cnc2cc(N)ccc21. The lowest BCUT2D eigenvalue weighted by Crippen LogP contribution is -2.08. The van der Waals surface area contributed by atoms with Gasteiger partial charge < -0.3 is 5.73 Å². The van der Waals surface area contributed by atoms with E-state index in [4.69, 9.17) is 5.73 Å². The summed E-state index contributed by atoms with van der Waals surface area (Å²) in [6, 6.07) is 4.92. The number of anilines is 1. The first-order valence-corrected chi connectivity index (χ1v) is 5.76. The predicted octanol–water partition coefficient (Wildman–Crippen LogP) is 0.426. The zero-order chi connectivity index (χ0) is 10.3. The van der Waals surface area contributed by atoms with Gasteiger partial charge in [0.2, 0.25) is 10.0 Å². The average molecular weight is 211 g/mol.